The van der Waals surface area contributed by atoms with Crippen LogP contribution in [0.1, 0.15) is 36.9 Å². The Morgan fingerprint density at radius 2 is 1.78 bits per heavy atom. The summed E-state index contributed by atoms with van der Waals surface area (Å²) in [5.74, 6) is 1.20. The van der Waals surface area contributed by atoms with Crippen molar-refractivity contribution in [2.24, 2.45) is 5.10 Å². The number of methoxy groups -OCH3 is 3. The highest BCUT2D eigenvalue weighted by atomic mass is 32.2. The van der Waals surface area contributed by atoms with Gasteiger partial charge in [0, 0.05) is 24.0 Å². The monoisotopic (exact) mass is 461 g/mol. The fourth-order valence-electron chi connectivity index (χ4n) is 3.72. The van der Waals surface area contributed by atoms with Crippen LogP contribution in [0.2, 0.25) is 0 Å². The van der Waals surface area contributed by atoms with Crippen molar-refractivity contribution < 1.29 is 27.4 Å². The minimum absolute atomic E-state index is 0.171. The average molecular weight is 462 g/mol. The number of benzene rings is 2. The van der Waals surface area contributed by atoms with E-state index in [-0.39, 0.29) is 12.3 Å². The predicted octanol–water partition coefficient (Wildman–Crippen LogP) is 3.17. The first-order chi connectivity index (χ1) is 15.2. The van der Waals surface area contributed by atoms with Crippen LogP contribution in [0.5, 0.6) is 17.2 Å². The molecule has 2 aromatic carbocycles. The van der Waals surface area contributed by atoms with Crippen LogP contribution < -0.4 is 18.9 Å². The highest BCUT2D eigenvalue weighted by Gasteiger charge is 2.36. The largest absolute Gasteiger partial charge is 0.493 e. The predicted molar refractivity (Wildman–Crippen MR) is 122 cm³/mol. The summed E-state index contributed by atoms with van der Waals surface area (Å²) in [5, 5.41) is 6.02. The molecule has 1 heterocycles. The molecule has 1 amide bonds. The first kappa shape index (κ1) is 23.4. The van der Waals surface area contributed by atoms with E-state index in [9.17, 15) is 13.2 Å². The minimum atomic E-state index is -3.49. The number of rotatable bonds is 8. The second-order valence-electron chi connectivity index (χ2n) is 7.20. The number of hydrogen-bond acceptors (Lipinski definition) is 7. The number of anilines is 1. The third-order valence-electron chi connectivity index (χ3n) is 5.10. The lowest BCUT2D eigenvalue weighted by atomic mass is 9.96. The molecular weight excluding hydrogens is 434 g/mol. The SMILES string of the molecule is CCC(=O)N1N=C(c2ccccc2NS(C)(=O)=O)C[C@@H]1c1ccc(OC)c(OC)c1OC. The van der Waals surface area contributed by atoms with E-state index in [1.807, 2.05) is 6.07 Å². The summed E-state index contributed by atoms with van der Waals surface area (Å²) in [4.78, 5) is 12.8. The number of nitrogens with one attached hydrogen (secondary N) is 1. The zero-order chi connectivity index (χ0) is 23.5. The second-order valence-corrected chi connectivity index (χ2v) is 8.95. The summed E-state index contributed by atoms with van der Waals surface area (Å²) < 4.78 is 42.7. The maximum absolute atomic E-state index is 12.8. The molecule has 1 atom stereocenters. The summed E-state index contributed by atoms with van der Waals surface area (Å²) in [6, 6.07) is 10.1. The Morgan fingerprint density at radius 3 is 2.38 bits per heavy atom. The van der Waals surface area contributed by atoms with Crippen LogP contribution in [0, 0.1) is 0 Å². The molecule has 0 spiro atoms. The van der Waals surface area contributed by atoms with Crippen LogP contribution in [-0.4, -0.2) is 52.6 Å². The van der Waals surface area contributed by atoms with E-state index >= 15 is 0 Å². The summed E-state index contributed by atoms with van der Waals surface area (Å²) in [7, 11) is 1.08. The number of carbonyl (C=O) groups is 1. The third-order valence-corrected chi connectivity index (χ3v) is 5.69. The zero-order valence-electron chi connectivity index (χ0n) is 18.7. The van der Waals surface area contributed by atoms with Gasteiger partial charge in [-0.25, -0.2) is 13.4 Å². The molecule has 1 N–H and O–H groups in total. The van der Waals surface area contributed by atoms with Crippen molar-refractivity contribution in [1.82, 2.24) is 5.01 Å². The van der Waals surface area contributed by atoms with Gasteiger partial charge in [-0.15, -0.1) is 0 Å². The average Bonchev–Trinajstić information content (AvgIpc) is 3.21. The first-order valence-corrected chi connectivity index (χ1v) is 11.9. The molecule has 0 fully saturated rings. The van der Waals surface area contributed by atoms with E-state index in [2.05, 4.69) is 9.82 Å². The van der Waals surface area contributed by atoms with Crippen molar-refractivity contribution in [1.29, 1.82) is 0 Å². The topological polar surface area (TPSA) is 107 Å². The standard InChI is InChI=1S/C22H27N3O6S/c1-6-20(26)25-18(15-11-12-19(29-2)22(31-4)21(15)30-3)13-17(23-25)14-9-7-8-10-16(14)24-32(5,27)28/h7-12,18,24H,6,13H2,1-5H3/t18-/m1/s1. The molecule has 0 unspecified atom stereocenters. The first-order valence-electron chi connectivity index (χ1n) is 9.99. The van der Waals surface area contributed by atoms with Crippen molar-refractivity contribution in [3.63, 3.8) is 0 Å². The van der Waals surface area contributed by atoms with Gasteiger partial charge >= 0.3 is 0 Å². The molecule has 172 valence electrons. The molecule has 0 saturated heterocycles. The fourth-order valence-corrected chi connectivity index (χ4v) is 4.30. The lowest BCUT2D eigenvalue weighted by molar-refractivity contribution is -0.132. The van der Waals surface area contributed by atoms with Gasteiger partial charge in [0.15, 0.2) is 11.5 Å². The van der Waals surface area contributed by atoms with Crippen LogP contribution in [-0.2, 0) is 14.8 Å². The van der Waals surface area contributed by atoms with E-state index in [0.29, 0.717) is 46.2 Å². The quantitative estimate of drug-likeness (QED) is 0.647. The number of sulfonamides is 1. The molecule has 10 heteroatoms. The van der Waals surface area contributed by atoms with Crippen LogP contribution in [0.15, 0.2) is 41.5 Å². The number of ether oxygens (including phenoxy) is 3. The van der Waals surface area contributed by atoms with E-state index < -0.39 is 16.1 Å². The number of nitrogens with zero attached hydrogens (tertiary/aromatic N) is 2. The van der Waals surface area contributed by atoms with Crippen LogP contribution in [0.25, 0.3) is 0 Å². The Labute approximate surface area is 188 Å². The maximum atomic E-state index is 12.8. The van der Waals surface area contributed by atoms with Gasteiger partial charge in [0.1, 0.15) is 0 Å². The third kappa shape index (κ3) is 4.64. The Hall–Kier alpha value is -3.27. The molecule has 0 saturated carbocycles. The highest BCUT2D eigenvalue weighted by Crippen LogP contribution is 2.46. The zero-order valence-corrected chi connectivity index (χ0v) is 19.5. The normalized spacial score (nSPS) is 15.8. The second kappa shape index (κ2) is 9.47. The van der Waals surface area contributed by atoms with E-state index in [0.717, 1.165) is 6.26 Å². The van der Waals surface area contributed by atoms with Gasteiger partial charge in [-0.05, 0) is 18.2 Å². The van der Waals surface area contributed by atoms with Gasteiger partial charge in [0.25, 0.3) is 0 Å². The van der Waals surface area contributed by atoms with E-state index in [1.54, 1.807) is 37.3 Å². The number of carbonyl (C=O) groups excluding carboxylic acids is 1. The Morgan fingerprint density at radius 1 is 1.09 bits per heavy atom. The van der Waals surface area contributed by atoms with Gasteiger partial charge in [-0.2, -0.15) is 5.10 Å². The lowest BCUT2D eigenvalue weighted by Crippen LogP contribution is -2.26. The van der Waals surface area contributed by atoms with Crippen molar-refractivity contribution in [2.45, 2.75) is 25.8 Å². The number of amides is 1. The van der Waals surface area contributed by atoms with Gasteiger partial charge in [0.2, 0.25) is 21.7 Å². The number of hydrogen-bond donors (Lipinski definition) is 1. The number of hydrazone groups is 1. The molecular formula is C22H27N3O6S. The van der Waals surface area contributed by atoms with Gasteiger partial charge in [-0.1, -0.05) is 25.1 Å². The Kier molecular flexibility index (Phi) is 6.93. The van der Waals surface area contributed by atoms with Crippen molar-refractivity contribution in [2.75, 3.05) is 32.3 Å². The molecule has 9 nitrogen and oxygen atoms in total. The molecule has 0 aliphatic carbocycles. The smallest absolute Gasteiger partial charge is 0.242 e. The molecule has 0 radical (unpaired) electrons. The molecule has 1 aliphatic heterocycles. The maximum Gasteiger partial charge on any atom is 0.242 e. The van der Waals surface area contributed by atoms with Crippen molar-refractivity contribution >= 4 is 27.3 Å². The fraction of sp³-hybridized carbons (Fsp3) is 0.364. The van der Waals surface area contributed by atoms with E-state index in [1.165, 1.54) is 26.3 Å². The number of para-hydroxylation sites is 1. The summed E-state index contributed by atoms with van der Waals surface area (Å²) in [6.07, 6.45) is 1.70. The van der Waals surface area contributed by atoms with Crippen LogP contribution in [0.4, 0.5) is 5.69 Å². The molecule has 3 rings (SSSR count). The summed E-state index contributed by atoms with van der Waals surface area (Å²) in [6.45, 7) is 1.76. The van der Waals surface area contributed by atoms with Crippen molar-refractivity contribution in [3.05, 3.63) is 47.5 Å². The Bertz CT molecular complexity index is 1150. The summed E-state index contributed by atoms with van der Waals surface area (Å²) >= 11 is 0. The Balaban J connectivity index is 2.10. The summed E-state index contributed by atoms with van der Waals surface area (Å²) in [5.41, 5.74) is 2.30. The molecule has 32 heavy (non-hydrogen) atoms. The van der Waals surface area contributed by atoms with Crippen LogP contribution >= 0.6 is 0 Å². The highest BCUT2D eigenvalue weighted by molar-refractivity contribution is 7.92. The van der Waals surface area contributed by atoms with E-state index in [4.69, 9.17) is 14.2 Å². The van der Waals surface area contributed by atoms with Gasteiger partial charge in [0.05, 0.1) is 45.0 Å². The molecule has 2 aromatic rings. The van der Waals surface area contributed by atoms with Gasteiger partial charge in [-0.3, -0.25) is 9.52 Å². The van der Waals surface area contributed by atoms with Gasteiger partial charge < -0.3 is 14.2 Å². The lowest BCUT2D eigenvalue weighted by Gasteiger charge is -2.24. The minimum Gasteiger partial charge on any atom is -0.493 e. The molecule has 1 aliphatic rings. The van der Waals surface area contributed by atoms with Crippen molar-refractivity contribution in [3.8, 4) is 17.2 Å². The van der Waals surface area contributed by atoms with Crippen LogP contribution in [0.3, 0.4) is 0 Å². The molecule has 0 bridgehead atoms. The molecule has 0 aromatic heterocycles.